The monoisotopic (exact) mass is 167 g/mol. The van der Waals surface area contributed by atoms with Crippen molar-refractivity contribution in [2.24, 2.45) is 5.92 Å². The van der Waals surface area contributed by atoms with Gasteiger partial charge in [0.2, 0.25) is 0 Å². The second-order valence-corrected chi connectivity index (χ2v) is 3.64. The quantitative estimate of drug-likeness (QED) is 0.581. The van der Waals surface area contributed by atoms with Crippen molar-refractivity contribution >= 4 is 0 Å². The highest BCUT2D eigenvalue weighted by Crippen LogP contribution is 2.07. The molecule has 70 valence electrons. The number of nitrogens with zero attached hydrogens (tertiary/aromatic N) is 1. The zero-order valence-corrected chi connectivity index (χ0v) is 8.85. The standard InChI is InChI=1S/C11H21N/c1-5-11(2)9-7-6-8-10-12(3)4/h11H,5,7,9-10H2,1-4H3. The van der Waals surface area contributed by atoms with E-state index in [1.54, 1.807) is 0 Å². The first kappa shape index (κ1) is 11.5. The number of hydrogen-bond donors (Lipinski definition) is 0. The molecule has 1 unspecified atom stereocenters. The van der Waals surface area contributed by atoms with Gasteiger partial charge < -0.3 is 0 Å². The molecule has 0 bridgehead atoms. The molecule has 0 aliphatic carbocycles. The highest BCUT2D eigenvalue weighted by Gasteiger charge is 1.94. The Morgan fingerprint density at radius 2 is 1.92 bits per heavy atom. The summed E-state index contributed by atoms with van der Waals surface area (Å²) in [5.74, 6) is 7.16. The zero-order valence-electron chi connectivity index (χ0n) is 8.85. The van der Waals surface area contributed by atoms with E-state index in [2.05, 4.69) is 30.6 Å². The van der Waals surface area contributed by atoms with Crippen molar-refractivity contribution in [3.8, 4) is 11.8 Å². The molecule has 0 radical (unpaired) electrons. The van der Waals surface area contributed by atoms with Gasteiger partial charge in [0, 0.05) is 6.42 Å². The van der Waals surface area contributed by atoms with E-state index in [0.29, 0.717) is 0 Å². The van der Waals surface area contributed by atoms with Crippen molar-refractivity contribution in [1.29, 1.82) is 0 Å². The van der Waals surface area contributed by atoms with E-state index < -0.39 is 0 Å². The summed E-state index contributed by atoms with van der Waals surface area (Å²) in [6, 6.07) is 0. The molecule has 0 saturated heterocycles. The minimum Gasteiger partial charge on any atom is -0.299 e. The Kier molecular flexibility index (Phi) is 6.90. The van der Waals surface area contributed by atoms with Crippen molar-refractivity contribution in [3.05, 3.63) is 0 Å². The van der Waals surface area contributed by atoms with Gasteiger partial charge in [-0.25, -0.2) is 0 Å². The highest BCUT2D eigenvalue weighted by atomic mass is 15.0. The van der Waals surface area contributed by atoms with Gasteiger partial charge in [-0.15, -0.1) is 5.92 Å². The third-order valence-corrected chi connectivity index (χ3v) is 1.98. The third-order valence-electron chi connectivity index (χ3n) is 1.98. The lowest BCUT2D eigenvalue weighted by Crippen LogP contribution is -2.10. The average Bonchev–Trinajstić information content (AvgIpc) is 2.03. The first-order valence-electron chi connectivity index (χ1n) is 4.77. The molecule has 0 rings (SSSR count). The molecule has 0 aromatic rings. The van der Waals surface area contributed by atoms with Crippen LogP contribution >= 0.6 is 0 Å². The molecule has 0 saturated carbocycles. The molecule has 0 spiro atoms. The van der Waals surface area contributed by atoms with Crippen molar-refractivity contribution in [3.63, 3.8) is 0 Å². The van der Waals surface area contributed by atoms with Crippen molar-refractivity contribution in [1.82, 2.24) is 4.90 Å². The molecule has 0 N–H and O–H groups in total. The lowest BCUT2D eigenvalue weighted by atomic mass is 10.0. The van der Waals surface area contributed by atoms with Crippen molar-refractivity contribution in [2.75, 3.05) is 20.6 Å². The summed E-state index contributed by atoms with van der Waals surface area (Å²) in [5, 5.41) is 0. The van der Waals surface area contributed by atoms with Gasteiger partial charge in [-0.3, -0.25) is 4.90 Å². The van der Waals surface area contributed by atoms with Crippen LogP contribution in [0.15, 0.2) is 0 Å². The Morgan fingerprint density at radius 1 is 1.25 bits per heavy atom. The van der Waals surface area contributed by atoms with Gasteiger partial charge in [0.1, 0.15) is 0 Å². The fraction of sp³-hybridized carbons (Fsp3) is 0.818. The van der Waals surface area contributed by atoms with Crippen LogP contribution in [0.4, 0.5) is 0 Å². The van der Waals surface area contributed by atoms with Crippen molar-refractivity contribution < 1.29 is 0 Å². The van der Waals surface area contributed by atoms with Crippen LogP contribution in [0.25, 0.3) is 0 Å². The van der Waals surface area contributed by atoms with E-state index in [1.165, 1.54) is 12.8 Å². The molecule has 1 nitrogen and oxygen atoms in total. The first-order chi connectivity index (χ1) is 5.66. The minimum atomic E-state index is 0.832. The Labute approximate surface area is 77.1 Å². The summed E-state index contributed by atoms with van der Waals surface area (Å²) in [4.78, 5) is 2.09. The fourth-order valence-corrected chi connectivity index (χ4v) is 0.825. The summed E-state index contributed by atoms with van der Waals surface area (Å²) in [7, 11) is 4.09. The second-order valence-electron chi connectivity index (χ2n) is 3.64. The van der Waals surface area contributed by atoms with Gasteiger partial charge in [-0.1, -0.05) is 26.2 Å². The van der Waals surface area contributed by atoms with Crippen LogP contribution < -0.4 is 0 Å². The predicted molar refractivity (Wildman–Crippen MR) is 55.0 cm³/mol. The van der Waals surface area contributed by atoms with Gasteiger partial charge >= 0.3 is 0 Å². The Hall–Kier alpha value is -0.480. The highest BCUT2D eigenvalue weighted by molar-refractivity contribution is 5.00. The second kappa shape index (κ2) is 7.18. The molecular weight excluding hydrogens is 146 g/mol. The maximum Gasteiger partial charge on any atom is 0.0596 e. The van der Waals surface area contributed by atoms with Crippen LogP contribution in [-0.2, 0) is 0 Å². The Morgan fingerprint density at radius 3 is 2.42 bits per heavy atom. The van der Waals surface area contributed by atoms with Crippen LogP contribution in [0.1, 0.15) is 33.1 Å². The van der Waals surface area contributed by atoms with Crippen LogP contribution in [-0.4, -0.2) is 25.5 Å². The van der Waals surface area contributed by atoms with Gasteiger partial charge in [0.15, 0.2) is 0 Å². The molecular formula is C11H21N. The smallest absolute Gasteiger partial charge is 0.0596 e. The molecule has 0 aromatic heterocycles. The molecule has 0 aromatic carbocycles. The van der Waals surface area contributed by atoms with E-state index in [1.807, 2.05) is 14.1 Å². The maximum absolute atomic E-state index is 3.19. The van der Waals surface area contributed by atoms with E-state index in [4.69, 9.17) is 0 Å². The normalized spacial score (nSPS) is 12.4. The maximum atomic E-state index is 3.19. The molecule has 1 heteroatoms. The first-order valence-corrected chi connectivity index (χ1v) is 4.77. The lowest BCUT2D eigenvalue weighted by Gasteiger charge is -2.03. The van der Waals surface area contributed by atoms with Crippen LogP contribution in [0.5, 0.6) is 0 Å². The summed E-state index contributed by atoms with van der Waals surface area (Å²) < 4.78 is 0. The van der Waals surface area contributed by atoms with E-state index in [9.17, 15) is 0 Å². The summed E-state index contributed by atoms with van der Waals surface area (Å²) in [5.41, 5.74) is 0. The van der Waals surface area contributed by atoms with Crippen LogP contribution in [0.3, 0.4) is 0 Å². The van der Waals surface area contributed by atoms with Gasteiger partial charge in [-0.05, 0) is 26.4 Å². The van der Waals surface area contributed by atoms with E-state index in [0.717, 1.165) is 18.9 Å². The minimum absolute atomic E-state index is 0.832. The fourth-order valence-electron chi connectivity index (χ4n) is 0.825. The van der Waals surface area contributed by atoms with Crippen LogP contribution in [0, 0.1) is 17.8 Å². The predicted octanol–water partition coefficient (Wildman–Crippen LogP) is 2.38. The molecule has 12 heavy (non-hydrogen) atoms. The van der Waals surface area contributed by atoms with Crippen molar-refractivity contribution in [2.45, 2.75) is 33.1 Å². The number of rotatable bonds is 4. The van der Waals surface area contributed by atoms with Crippen LogP contribution in [0.2, 0.25) is 0 Å². The molecule has 0 heterocycles. The molecule has 0 fully saturated rings. The summed E-state index contributed by atoms with van der Waals surface area (Å²) in [6.07, 6.45) is 3.58. The molecule has 1 atom stereocenters. The lowest BCUT2D eigenvalue weighted by molar-refractivity contribution is 0.463. The topological polar surface area (TPSA) is 3.24 Å². The third kappa shape index (κ3) is 7.63. The Balaban J connectivity index is 3.33. The largest absolute Gasteiger partial charge is 0.299 e. The molecule has 0 aliphatic rings. The average molecular weight is 167 g/mol. The molecule has 0 aliphatic heterocycles. The van der Waals surface area contributed by atoms with E-state index >= 15 is 0 Å². The van der Waals surface area contributed by atoms with Gasteiger partial charge in [0.05, 0.1) is 6.54 Å². The molecule has 0 amide bonds. The summed E-state index contributed by atoms with van der Waals surface area (Å²) in [6.45, 7) is 5.41. The van der Waals surface area contributed by atoms with Gasteiger partial charge in [0.25, 0.3) is 0 Å². The van der Waals surface area contributed by atoms with Gasteiger partial charge in [-0.2, -0.15) is 0 Å². The Bertz CT molecular complexity index is 150. The van der Waals surface area contributed by atoms with E-state index in [-0.39, 0.29) is 0 Å². The number of hydrogen-bond acceptors (Lipinski definition) is 1. The zero-order chi connectivity index (χ0) is 9.40. The summed E-state index contributed by atoms with van der Waals surface area (Å²) >= 11 is 0. The SMILES string of the molecule is CCC(C)CCC#CCN(C)C.